The number of carbonyl (C=O) groups is 3. The Morgan fingerprint density at radius 2 is 1.68 bits per heavy atom. The first-order chi connectivity index (χ1) is 18.4. The first-order valence-corrected chi connectivity index (χ1v) is 12.6. The van der Waals surface area contributed by atoms with Gasteiger partial charge >= 0.3 is 0 Å². The lowest BCUT2D eigenvalue weighted by Crippen LogP contribution is -2.59. The molecule has 3 aromatic rings. The smallest absolute Gasteiger partial charge is 0.256 e. The van der Waals surface area contributed by atoms with E-state index in [0.29, 0.717) is 38.0 Å². The number of carbonyl (C=O) groups excluding carboxylic acids is 3. The summed E-state index contributed by atoms with van der Waals surface area (Å²) in [5, 5.41) is 2.92. The van der Waals surface area contributed by atoms with Crippen LogP contribution < -0.4 is 5.32 Å². The Morgan fingerprint density at radius 3 is 2.37 bits per heavy atom. The third kappa shape index (κ3) is 5.15. The summed E-state index contributed by atoms with van der Waals surface area (Å²) in [6.07, 6.45) is 3.97. The molecule has 0 aliphatic carbocycles. The van der Waals surface area contributed by atoms with Crippen LogP contribution in [0.5, 0.6) is 0 Å². The van der Waals surface area contributed by atoms with Crippen LogP contribution in [0.2, 0.25) is 0 Å². The van der Waals surface area contributed by atoms with Crippen molar-refractivity contribution in [3.63, 3.8) is 0 Å². The van der Waals surface area contributed by atoms with E-state index < -0.39 is 17.6 Å². The summed E-state index contributed by atoms with van der Waals surface area (Å²) in [6, 6.07) is 15.6. The number of halogens is 1. The summed E-state index contributed by atoms with van der Waals surface area (Å²) >= 11 is 0. The van der Waals surface area contributed by atoms with Crippen molar-refractivity contribution in [1.82, 2.24) is 20.1 Å². The summed E-state index contributed by atoms with van der Waals surface area (Å²) in [4.78, 5) is 47.4. The molecule has 2 aliphatic heterocycles. The van der Waals surface area contributed by atoms with Crippen molar-refractivity contribution in [3.05, 3.63) is 101 Å². The lowest BCUT2D eigenvalue weighted by molar-refractivity contribution is -0.128. The molecule has 1 aromatic heterocycles. The predicted molar refractivity (Wildman–Crippen MR) is 137 cm³/mol. The van der Waals surface area contributed by atoms with E-state index in [1.54, 1.807) is 40.4 Å². The highest BCUT2D eigenvalue weighted by Gasteiger charge is 2.54. The third-order valence-electron chi connectivity index (χ3n) is 7.17. The molecule has 2 saturated heterocycles. The molecule has 2 fully saturated rings. The number of nitrogens with zero attached hydrogens (tertiary/aromatic N) is 3. The average Bonchev–Trinajstić information content (AvgIpc) is 3.30. The molecule has 1 N–H and O–H groups in total. The number of benzene rings is 2. The molecule has 2 aliphatic rings. The van der Waals surface area contributed by atoms with E-state index in [1.165, 1.54) is 18.2 Å². The Balaban J connectivity index is 1.37. The first-order valence-electron chi connectivity index (χ1n) is 12.6. The molecule has 2 aromatic carbocycles. The highest BCUT2D eigenvalue weighted by Crippen LogP contribution is 2.39. The molecule has 8 nitrogen and oxygen atoms in total. The van der Waals surface area contributed by atoms with Gasteiger partial charge in [0.15, 0.2) is 0 Å². The number of likely N-dealkylation sites (tertiary alicyclic amines) is 1. The molecule has 0 saturated carbocycles. The summed E-state index contributed by atoms with van der Waals surface area (Å²) in [5.41, 5.74) is 1.54. The molecule has 1 spiro atoms. The molecule has 1 atom stereocenters. The van der Waals surface area contributed by atoms with Crippen molar-refractivity contribution in [2.75, 3.05) is 19.7 Å². The third-order valence-corrected chi connectivity index (χ3v) is 7.17. The summed E-state index contributed by atoms with van der Waals surface area (Å²) in [6.45, 7) is 2.86. The molecule has 196 valence electrons. The van der Waals surface area contributed by atoms with Gasteiger partial charge in [-0.2, -0.15) is 0 Å². The van der Waals surface area contributed by atoms with Crippen LogP contribution >= 0.6 is 0 Å². The minimum Gasteiger partial charge on any atom is -0.353 e. The largest absolute Gasteiger partial charge is 0.353 e. The Labute approximate surface area is 220 Å². The van der Waals surface area contributed by atoms with E-state index in [0.717, 1.165) is 11.1 Å². The molecule has 3 amide bonds. The standard InChI is InChI=1S/C29H29FN4O4/c1-20-4-2-5-22(16-20)28(37)34-25(26(35)32-18-21-8-12-31-13-9-21)19-38-29(34)10-14-33(15-11-29)27(36)23-6-3-7-24(30)17-23/h2-9,12-13,16-17,25H,10-11,14-15,18-19H2,1H3,(H,32,35)/t25-/m0/s1. The minimum absolute atomic E-state index is 0.0532. The van der Waals surface area contributed by atoms with E-state index >= 15 is 0 Å². The Hall–Kier alpha value is -4.11. The van der Waals surface area contributed by atoms with E-state index in [9.17, 15) is 18.8 Å². The Morgan fingerprint density at radius 1 is 1.00 bits per heavy atom. The first kappa shape index (κ1) is 25.5. The van der Waals surface area contributed by atoms with Crippen molar-refractivity contribution >= 4 is 17.7 Å². The lowest BCUT2D eigenvalue weighted by Gasteiger charge is -2.44. The molecule has 3 heterocycles. The fourth-order valence-electron chi connectivity index (χ4n) is 5.16. The van der Waals surface area contributed by atoms with Gasteiger partial charge in [-0.05, 0) is 55.0 Å². The second-order valence-electron chi connectivity index (χ2n) is 9.69. The highest BCUT2D eigenvalue weighted by atomic mass is 19.1. The monoisotopic (exact) mass is 516 g/mol. The van der Waals surface area contributed by atoms with Crippen LogP contribution in [0.3, 0.4) is 0 Å². The average molecular weight is 517 g/mol. The Bertz CT molecular complexity index is 1340. The fourth-order valence-corrected chi connectivity index (χ4v) is 5.16. The molecule has 0 unspecified atom stereocenters. The quantitative estimate of drug-likeness (QED) is 0.562. The van der Waals surface area contributed by atoms with Crippen LogP contribution in [0.4, 0.5) is 4.39 Å². The molecular formula is C29H29FN4O4. The van der Waals surface area contributed by atoms with Crippen molar-refractivity contribution in [1.29, 1.82) is 0 Å². The zero-order chi connectivity index (χ0) is 26.7. The van der Waals surface area contributed by atoms with Gasteiger partial charge < -0.3 is 15.0 Å². The summed E-state index contributed by atoms with van der Waals surface area (Å²) in [5.74, 6) is -1.35. The van der Waals surface area contributed by atoms with Gasteiger partial charge in [-0.1, -0.05) is 23.8 Å². The van der Waals surface area contributed by atoms with E-state index in [-0.39, 0.29) is 29.9 Å². The van der Waals surface area contributed by atoms with Gasteiger partial charge in [0.25, 0.3) is 11.8 Å². The van der Waals surface area contributed by atoms with Crippen LogP contribution in [0.15, 0.2) is 73.1 Å². The number of pyridine rings is 1. The number of aryl methyl sites for hydroxylation is 1. The molecule has 0 bridgehead atoms. The second-order valence-corrected chi connectivity index (χ2v) is 9.69. The maximum atomic E-state index is 13.9. The number of ether oxygens (including phenoxy) is 1. The number of aromatic nitrogens is 1. The predicted octanol–water partition coefficient (Wildman–Crippen LogP) is 3.32. The second kappa shape index (κ2) is 10.7. The summed E-state index contributed by atoms with van der Waals surface area (Å²) < 4.78 is 19.9. The van der Waals surface area contributed by atoms with Crippen molar-refractivity contribution in [3.8, 4) is 0 Å². The van der Waals surface area contributed by atoms with E-state index in [4.69, 9.17) is 4.74 Å². The van der Waals surface area contributed by atoms with Crippen LogP contribution in [-0.2, 0) is 16.1 Å². The van der Waals surface area contributed by atoms with Crippen molar-refractivity contribution < 1.29 is 23.5 Å². The number of hydrogen-bond acceptors (Lipinski definition) is 5. The van der Waals surface area contributed by atoms with Crippen molar-refractivity contribution in [2.45, 2.75) is 38.1 Å². The zero-order valence-corrected chi connectivity index (χ0v) is 21.1. The van der Waals surface area contributed by atoms with Gasteiger partial charge in [-0.3, -0.25) is 24.3 Å². The van der Waals surface area contributed by atoms with Gasteiger partial charge in [-0.25, -0.2) is 4.39 Å². The maximum absolute atomic E-state index is 13.9. The van der Waals surface area contributed by atoms with Gasteiger partial charge in [0.2, 0.25) is 5.91 Å². The Kier molecular flexibility index (Phi) is 7.20. The SMILES string of the molecule is Cc1cccc(C(=O)N2[C@H](C(=O)NCc3ccncc3)COC23CCN(C(=O)c2cccc(F)c2)CC3)c1. The molecule has 38 heavy (non-hydrogen) atoms. The van der Waals surface area contributed by atoms with E-state index in [2.05, 4.69) is 10.3 Å². The number of hydrogen-bond donors (Lipinski definition) is 1. The number of rotatable bonds is 5. The molecular weight excluding hydrogens is 487 g/mol. The van der Waals surface area contributed by atoms with Gasteiger partial charge in [0.1, 0.15) is 17.6 Å². The zero-order valence-electron chi connectivity index (χ0n) is 21.1. The van der Waals surface area contributed by atoms with Crippen LogP contribution in [0.25, 0.3) is 0 Å². The molecule has 9 heteroatoms. The van der Waals surface area contributed by atoms with Crippen molar-refractivity contribution in [2.24, 2.45) is 0 Å². The van der Waals surface area contributed by atoms with Gasteiger partial charge in [-0.15, -0.1) is 0 Å². The highest BCUT2D eigenvalue weighted by molar-refractivity contribution is 5.99. The minimum atomic E-state index is -1.03. The molecule has 0 radical (unpaired) electrons. The lowest BCUT2D eigenvalue weighted by atomic mass is 9.95. The number of amides is 3. The van der Waals surface area contributed by atoms with Crippen LogP contribution in [0.1, 0.15) is 44.7 Å². The van der Waals surface area contributed by atoms with Crippen LogP contribution in [-0.4, -0.2) is 64.0 Å². The normalized spacial score (nSPS) is 18.4. The molecule has 5 rings (SSSR count). The van der Waals surface area contributed by atoms with E-state index in [1.807, 2.05) is 31.2 Å². The number of nitrogens with one attached hydrogen (secondary N) is 1. The van der Waals surface area contributed by atoms with Crippen LogP contribution in [0, 0.1) is 12.7 Å². The number of piperidine rings is 1. The topological polar surface area (TPSA) is 91.8 Å². The fraction of sp³-hybridized carbons (Fsp3) is 0.310. The maximum Gasteiger partial charge on any atom is 0.256 e. The summed E-state index contributed by atoms with van der Waals surface area (Å²) in [7, 11) is 0. The van der Waals surface area contributed by atoms with Gasteiger partial charge in [0.05, 0.1) is 6.61 Å². The van der Waals surface area contributed by atoms with Gasteiger partial charge in [0, 0.05) is 56.0 Å².